The molecule has 2 aromatic heterocycles. The molecule has 0 radical (unpaired) electrons. The van der Waals surface area contributed by atoms with E-state index in [9.17, 15) is 0 Å². The molecule has 3 heteroatoms. The summed E-state index contributed by atoms with van der Waals surface area (Å²) in [5, 5.41) is 2.07. The van der Waals surface area contributed by atoms with Gasteiger partial charge in [-0.2, -0.15) is 0 Å². The maximum atomic E-state index is 9.02. The van der Waals surface area contributed by atoms with Crippen LogP contribution in [0.1, 0.15) is 9.60 Å². The average Bonchev–Trinajstić information content (AvgIpc) is 3.93. The summed E-state index contributed by atoms with van der Waals surface area (Å²) in [6, 6.07) is 54.8. The van der Waals surface area contributed by atoms with Crippen LogP contribution in [-0.2, 0) is 0 Å². The van der Waals surface area contributed by atoms with E-state index in [1.807, 2.05) is 66.7 Å². The zero-order valence-corrected chi connectivity index (χ0v) is 30.4. The van der Waals surface area contributed by atoms with Crippen molar-refractivity contribution in [3.8, 4) is 44.5 Å². The van der Waals surface area contributed by atoms with E-state index in [0.717, 1.165) is 66.8 Å². The first kappa shape index (κ1) is 26.2. The predicted octanol–water partition coefficient (Wildman–Crippen LogP) is 15.6. The summed E-state index contributed by atoms with van der Waals surface area (Å²) in [5.74, 6) is 0. The molecule has 2 heterocycles. The standard InChI is InChI=1S/C54H35NO2/c1-3-13-37(14-4-1)43-34-29-40(35-49(43)38-15-5-2-6-16-38)36-25-30-41(31-26-36)55(50-22-12-21-48-46-18-8-10-24-52(46)57-54(48)50)42-32-27-39(28-33-42)44-19-11-20-47-45-17-7-9-23-51(45)56-53(44)47/h1-35H/i7D,9D,11D,17D,19D,20D,23D. The van der Waals surface area contributed by atoms with Crippen molar-refractivity contribution >= 4 is 60.9 Å². The third kappa shape index (κ3) is 5.68. The highest BCUT2D eigenvalue weighted by Crippen LogP contribution is 2.44. The minimum absolute atomic E-state index is 0.0225. The van der Waals surface area contributed by atoms with Crippen molar-refractivity contribution < 1.29 is 18.4 Å². The van der Waals surface area contributed by atoms with Crippen LogP contribution in [0.2, 0.25) is 0 Å². The molecule has 3 nitrogen and oxygen atoms in total. The van der Waals surface area contributed by atoms with Crippen molar-refractivity contribution in [3.63, 3.8) is 0 Å². The quantitative estimate of drug-likeness (QED) is 0.163. The van der Waals surface area contributed by atoms with E-state index in [1.165, 1.54) is 0 Å². The molecule has 0 N–H and O–H groups in total. The molecule has 11 aromatic rings. The Bertz CT molecular complexity index is 3620. The summed E-state index contributed by atoms with van der Waals surface area (Å²) in [4.78, 5) is 2.12. The Kier molecular flexibility index (Phi) is 6.26. The number of anilines is 3. The lowest BCUT2D eigenvalue weighted by atomic mass is 9.91. The predicted molar refractivity (Wildman–Crippen MR) is 237 cm³/mol. The highest BCUT2D eigenvalue weighted by molar-refractivity contribution is 6.11. The molecule has 0 aliphatic carbocycles. The number of hydrogen-bond donors (Lipinski definition) is 0. The van der Waals surface area contributed by atoms with Gasteiger partial charge in [0.25, 0.3) is 0 Å². The molecule has 57 heavy (non-hydrogen) atoms. The number of benzene rings is 9. The van der Waals surface area contributed by atoms with Crippen LogP contribution in [-0.4, -0.2) is 0 Å². The van der Waals surface area contributed by atoms with Crippen molar-refractivity contribution in [2.24, 2.45) is 0 Å². The summed E-state index contributed by atoms with van der Waals surface area (Å²) in [7, 11) is 0. The molecule has 0 atom stereocenters. The average molecular weight is 737 g/mol. The molecule has 0 saturated heterocycles. The van der Waals surface area contributed by atoms with E-state index in [4.69, 9.17) is 18.4 Å². The van der Waals surface area contributed by atoms with E-state index in [1.54, 1.807) is 0 Å². The third-order valence-electron chi connectivity index (χ3n) is 10.6. The van der Waals surface area contributed by atoms with Gasteiger partial charge in [0.2, 0.25) is 0 Å². The maximum Gasteiger partial charge on any atom is 0.159 e. The van der Waals surface area contributed by atoms with Crippen LogP contribution in [0.4, 0.5) is 17.1 Å². The van der Waals surface area contributed by atoms with Gasteiger partial charge in [0.1, 0.15) is 16.7 Å². The van der Waals surface area contributed by atoms with E-state index in [-0.39, 0.29) is 57.7 Å². The molecule has 11 rings (SSSR count). The number of hydrogen-bond acceptors (Lipinski definition) is 3. The molecule has 9 aromatic carbocycles. The van der Waals surface area contributed by atoms with Crippen LogP contribution >= 0.6 is 0 Å². The number of para-hydroxylation sites is 4. The van der Waals surface area contributed by atoms with Gasteiger partial charge >= 0.3 is 0 Å². The van der Waals surface area contributed by atoms with Crippen LogP contribution in [0.25, 0.3) is 88.4 Å². The van der Waals surface area contributed by atoms with Gasteiger partial charge in [0.15, 0.2) is 5.58 Å². The number of rotatable bonds is 7. The fourth-order valence-corrected chi connectivity index (χ4v) is 7.90. The Balaban J connectivity index is 1.05. The minimum Gasteiger partial charge on any atom is -0.455 e. The molecule has 0 fully saturated rings. The molecule has 0 aliphatic rings. The van der Waals surface area contributed by atoms with Crippen molar-refractivity contribution in [3.05, 3.63) is 212 Å². The second-order valence-electron chi connectivity index (χ2n) is 13.9. The van der Waals surface area contributed by atoms with Gasteiger partial charge in [-0.15, -0.1) is 0 Å². The second kappa shape index (κ2) is 13.6. The van der Waals surface area contributed by atoms with Crippen LogP contribution < -0.4 is 4.90 Å². The molecule has 0 unspecified atom stereocenters. The molecule has 0 amide bonds. The summed E-state index contributed by atoms with van der Waals surface area (Å²) >= 11 is 0. The highest BCUT2D eigenvalue weighted by atomic mass is 16.3. The van der Waals surface area contributed by atoms with Gasteiger partial charge in [-0.1, -0.05) is 164 Å². The molecular formula is C54H35NO2. The van der Waals surface area contributed by atoms with Crippen molar-refractivity contribution in [2.45, 2.75) is 0 Å². The lowest BCUT2D eigenvalue weighted by Crippen LogP contribution is -2.10. The smallest absolute Gasteiger partial charge is 0.159 e. The van der Waals surface area contributed by atoms with Crippen molar-refractivity contribution in [1.29, 1.82) is 0 Å². The van der Waals surface area contributed by atoms with Crippen LogP contribution in [0.15, 0.2) is 221 Å². The van der Waals surface area contributed by atoms with E-state index >= 15 is 0 Å². The normalized spacial score (nSPS) is 13.2. The van der Waals surface area contributed by atoms with Gasteiger partial charge in [0, 0.05) is 38.5 Å². The zero-order valence-electron chi connectivity index (χ0n) is 37.4. The van der Waals surface area contributed by atoms with Gasteiger partial charge in [0.05, 0.1) is 15.3 Å². The first-order valence-electron chi connectivity index (χ1n) is 22.3. The Morgan fingerprint density at radius 3 is 1.72 bits per heavy atom. The second-order valence-corrected chi connectivity index (χ2v) is 13.9. The lowest BCUT2D eigenvalue weighted by Gasteiger charge is -2.26. The first-order chi connectivity index (χ1) is 31.2. The minimum atomic E-state index is -0.461. The Labute approximate surface area is 340 Å². The largest absolute Gasteiger partial charge is 0.455 e. The summed E-state index contributed by atoms with van der Waals surface area (Å²) in [5.41, 5.74) is 11.3. The van der Waals surface area contributed by atoms with Crippen molar-refractivity contribution in [1.82, 2.24) is 0 Å². The summed E-state index contributed by atoms with van der Waals surface area (Å²) < 4.78 is 73.0. The topological polar surface area (TPSA) is 29.5 Å². The number of nitrogens with zero attached hydrogens (tertiary/aromatic N) is 1. The van der Waals surface area contributed by atoms with Crippen LogP contribution in [0, 0.1) is 0 Å². The van der Waals surface area contributed by atoms with Crippen LogP contribution in [0.5, 0.6) is 0 Å². The number of furan rings is 2. The molecule has 0 aliphatic heterocycles. The molecule has 0 bridgehead atoms. The Morgan fingerprint density at radius 1 is 0.351 bits per heavy atom. The maximum absolute atomic E-state index is 9.02. The Morgan fingerprint density at radius 2 is 0.947 bits per heavy atom. The number of fused-ring (bicyclic) bond motifs is 6. The molecule has 0 spiro atoms. The molecular weight excluding hydrogens is 695 g/mol. The zero-order chi connectivity index (χ0) is 43.8. The summed E-state index contributed by atoms with van der Waals surface area (Å²) in [6.07, 6.45) is 0. The van der Waals surface area contributed by atoms with E-state index in [0.29, 0.717) is 11.1 Å². The SMILES string of the molecule is [2H]c1c([2H])c([2H])c2c(oc3c(-c4ccc(N(c5ccc(-c6ccc(-c7ccccc7)c(-c7ccccc7)c6)cc5)c5cccc6c5oc5ccccc56)cc4)c([2H])c([2H])c([2H])c32)c1[2H]. The van der Waals surface area contributed by atoms with Gasteiger partial charge in [-0.3, -0.25) is 0 Å². The first-order valence-corrected chi connectivity index (χ1v) is 18.8. The Hall–Kier alpha value is -7.62. The van der Waals surface area contributed by atoms with Gasteiger partial charge < -0.3 is 13.7 Å². The fraction of sp³-hybridized carbons (Fsp3) is 0. The fourth-order valence-electron chi connectivity index (χ4n) is 7.90. The summed E-state index contributed by atoms with van der Waals surface area (Å²) in [6.45, 7) is 0. The lowest BCUT2D eigenvalue weighted by molar-refractivity contribution is 0.669. The van der Waals surface area contributed by atoms with Crippen molar-refractivity contribution in [2.75, 3.05) is 4.90 Å². The van der Waals surface area contributed by atoms with Gasteiger partial charge in [-0.05, 0) is 87.5 Å². The monoisotopic (exact) mass is 736 g/mol. The molecule has 268 valence electrons. The van der Waals surface area contributed by atoms with Gasteiger partial charge in [-0.25, -0.2) is 0 Å². The van der Waals surface area contributed by atoms with E-state index < -0.39 is 12.1 Å². The van der Waals surface area contributed by atoms with E-state index in [2.05, 4.69) is 108 Å². The third-order valence-corrected chi connectivity index (χ3v) is 10.6. The highest BCUT2D eigenvalue weighted by Gasteiger charge is 2.20. The van der Waals surface area contributed by atoms with Crippen LogP contribution in [0.3, 0.4) is 0 Å². The molecule has 0 saturated carbocycles.